The molecule has 2 heterocycles. The van der Waals surface area contributed by atoms with Crippen LogP contribution in [0, 0.1) is 28.6 Å². The summed E-state index contributed by atoms with van der Waals surface area (Å²) in [5.41, 5.74) is 2.71. The number of amides is 3. The molecule has 3 amide bonds. The van der Waals surface area contributed by atoms with Gasteiger partial charge in [-0.1, -0.05) is 18.2 Å². The third-order valence-corrected chi connectivity index (χ3v) is 7.30. The van der Waals surface area contributed by atoms with E-state index in [9.17, 15) is 14.4 Å². The highest BCUT2D eigenvalue weighted by molar-refractivity contribution is 6.02. The summed E-state index contributed by atoms with van der Waals surface area (Å²) in [6.07, 6.45) is 8.06. The van der Waals surface area contributed by atoms with Crippen molar-refractivity contribution in [2.75, 3.05) is 32.8 Å². The summed E-state index contributed by atoms with van der Waals surface area (Å²) in [4.78, 5) is 40.8. The largest absolute Gasteiger partial charge is 0.494 e. The van der Waals surface area contributed by atoms with Crippen molar-refractivity contribution >= 4 is 17.7 Å². The number of piperidine rings is 1. The van der Waals surface area contributed by atoms with Crippen LogP contribution in [-0.2, 0) is 25.5 Å². The first-order valence-corrected chi connectivity index (χ1v) is 13.2. The lowest BCUT2D eigenvalue weighted by molar-refractivity contribution is -0.144. The van der Waals surface area contributed by atoms with E-state index in [0.29, 0.717) is 50.3 Å². The second-order valence-electron chi connectivity index (χ2n) is 9.88. The van der Waals surface area contributed by atoms with E-state index in [2.05, 4.69) is 22.4 Å². The van der Waals surface area contributed by atoms with Crippen LogP contribution < -0.4 is 5.32 Å². The molecule has 0 radical (unpaired) electrons. The molecule has 0 aromatic heterocycles. The number of fused-ring (bicyclic) bond motifs is 1. The Balaban J connectivity index is 1.28. The maximum absolute atomic E-state index is 13.1. The second kappa shape index (κ2) is 13.0. The van der Waals surface area contributed by atoms with E-state index in [-0.39, 0.29) is 24.2 Å². The lowest BCUT2D eigenvalue weighted by Crippen LogP contribution is -2.53. The third kappa shape index (κ3) is 6.67. The summed E-state index contributed by atoms with van der Waals surface area (Å²) in [6.45, 7) is 3.16. The molecule has 1 aromatic rings. The van der Waals surface area contributed by atoms with Gasteiger partial charge in [0.2, 0.25) is 17.7 Å². The molecule has 1 aliphatic carbocycles. The van der Waals surface area contributed by atoms with Crippen LogP contribution in [0.4, 0.5) is 0 Å². The van der Waals surface area contributed by atoms with Crippen LogP contribution in [0.2, 0.25) is 0 Å². The van der Waals surface area contributed by atoms with Gasteiger partial charge < -0.3 is 14.5 Å². The van der Waals surface area contributed by atoms with Gasteiger partial charge in [-0.15, -0.1) is 0 Å². The number of likely N-dealkylation sites (tertiary alicyclic amines) is 1. The van der Waals surface area contributed by atoms with Gasteiger partial charge >= 0.3 is 0 Å². The molecule has 2 atom stereocenters. The van der Waals surface area contributed by atoms with E-state index in [0.717, 1.165) is 43.5 Å². The van der Waals surface area contributed by atoms with E-state index in [1.807, 2.05) is 30.4 Å². The molecule has 2 aliphatic heterocycles. The van der Waals surface area contributed by atoms with Crippen LogP contribution in [0.15, 0.2) is 47.7 Å². The molecule has 38 heavy (non-hydrogen) atoms. The van der Waals surface area contributed by atoms with E-state index in [1.165, 1.54) is 0 Å². The lowest BCUT2D eigenvalue weighted by Gasteiger charge is -2.29. The number of ether oxygens (including phenoxy) is 1. The number of aryl methyl sites for hydroxylation is 1. The van der Waals surface area contributed by atoms with E-state index in [1.54, 1.807) is 11.0 Å². The van der Waals surface area contributed by atoms with Crippen molar-refractivity contribution in [3.63, 3.8) is 0 Å². The molecule has 9 heteroatoms. The van der Waals surface area contributed by atoms with Crippen molar-refractivity contribution in [3.05, 3.63) is 58.9 Å². The fourth-order valence-electron chi connectivity index (χ4n) is 5.33. The highest BCUT2D eigenvalue weighted by Crippen LogP contribution is 2.36. The molecule has 2 saturated heterocycles. The van der Waals surface area contributed by atoms with Crippen LogP contribution >= 0.6 is 0 Å². The predicted octanol–water partition coefficient (Wildman–Crippen LogP) is 2.59. The van der Waals surface area contributed by atoms with Gasteiger partial charge in [-0.2, -0.15) is 10.5 Å². The molecule has 9 nitrogen and oxygen atoms in total. The number of rotatable bonds is 12. The quantitative estimate of drug-likeness (QED) is 0.335. The smallest absolute Gasteiger partial charge is 0.249 e. The number of nitrogens with zero attached hydrogens (tertiary/aromatic N) is 4. The van der Waals surface area contributed by atoms with Crippen molar-refractivity contribution in [2.24, 2.45) is 5.92 Å². The Bertz CT molecular complexity index is 1210. The van der Waals surface area contributed by atoms with Gasteiger partial charge in [-0.05, 0) is 62.4 Å². The van der Waals surface area contributed by atoms with Crippen molar-refractivity contribution in [3.8, 4) is 12.1 Å². The first-order valence-electron chi connectivity index (χ1n) is 13.2. The number of hydrogen-bond donors (Lipinski definition) is 1. The summed E-state index contributed by atoms with van der Waals surface area (Å²) < 4.78 is 6.12. The monoisotopic (exact) mass is 515 g/mol. The number of hydrogen-bond acceptors (Lipinski definition) is 7. The van der Waals surface area contributed by atoms with Crippen molar-refractivity contribution in [1.82, 2.24) is 15.1 Å². The zero-order chi connectivity index (χ0) is 26.9. The molecule has 2 fully saturated rings. The average molecular weight is 516 g/mol. The lowest BCUT2D eigenvalue weighted by atomic mass is 9.93. The highest BCUT2D eigenvalue weighted by atomic mass is 16.5. The molecule has 0 bridgehead atoms. The Morgan fingerprint density at radius 1 is 1.13 bits per heavy atom. The first-order chi connectivity index (χ1) is 18.5. The predicted molar refractivity (Wildman–Crippen MR) is 139 cm³/mol. The van der Waals surface area contributed by atoms with Gasteiger partial charge in [0.05, 0.1) is 30.2 Å². The minimum atomic E-state index is -0.615. The number of nitriles is 2. The van der Waals surface area contributed by atoms with Crippen LogP contribution in [0.3, 0.4) is 0 Å². The van der Waals surface area contributed by atoms with Crippen LogP contribution in [0.5, 0.6) is 0 Å². The van der Waals surface area contributed by atoms with Gasteiger partial charge in [0, 0.05) is 38.0 Å². The Kier molecular flexibility index (Phi) is 9.29. The summed E-state index contributed by atoms with van der Waals surface area (Å²) in [6, 6.07) is 11.4. The Labute approximate surface area is 223 Å². The minimum Gasteiger partial charge on any atom is -0.494 e. The zero-order valence-corrected chi connectivity index (χ0v) is 21.5. The number of allylic oxidation sites excluding steroid dienone is 2. The first kappa shape index (κ1) is 27.1. The van der Waals surface area contributed by atoms with Crippen molar-refractivity contribution in [2.45, 2.75) is 51.0 Å². The summed E-state index contributed by atoms with van der Waals surface area (Å²) >= 11 is 0. The highest BCUT2D eigenvalue weighted by Gasteiger charge is 2.45. The van der Waals surface area contributed by atoms with Crippen LogP contribution in [0.25, 0.3) is 0 Å². The summed E-state index contributed by atoms with van der Waals surface area (Å²) in [5.74, 6) is -0.392. The Hall–Kier alpha value is -3.95. The van der Waals surface area contributed by atoms with Gasteiger partial charge in [-0.25, -0.2) is 0 Å². The molecule has 0 saturated carbocycles. The normalized spacial score (nSPS) is 20.8. The molecule has 0 spiro atoms. The summed E-state index contributed by atoms with van der Waals surface area (Å²) in [5, 5.41) is 20.5. The van der Waals surface area contributed by atoms with E-state index in [4.69, 9.17) is 15.3 Å². The molecule has 1 N–H and O–H groups in total. The molecule has 3 aliphatic rings. The fourth-order valence-corrected chi connectivity index (χ4v) is 5.33. The van der Waals surface area contributed by atoms with Gasteiger partial charge in [-0.3, -0.25) is 19.7 Å². The number of nitrogens with one attached hydrogen (secondary N) is 1. The number of carbonyl (C=O) groups is 3. The molecule has 1 aromatic carbocycles. The maximum Gasteiger partial charge on any atom is 0.249 e. The van der Waals surface area contributed by atoms with Gasteiger partial charge in [0.25, 0.3) is 0 Å². The Morgan fingerprint density at radius 2 is 1.97 bits per heavy atom. The van der Waals surface area contributed by atoms with Crippen LogP contribution in [0.1, 0.15) is 49.7 Å². The standard InChI is InChI=1S/C29H33N5O4/c30-13-4-15-33(14-3-8-21-6-1-7-22(18-21)19-31)16-5-17-38-26-10-2-9-23-24(26)20-34(29(23)37)25-11-12-27(35)32-28(25)36/h1-2,6-7,10,18,23,25H,3-5,8-9,11-12,14-17,20H2,(H,32,35,36). The second-order valence-corrected chi connectivity index (χ2v) is 9.88. The third-order valence-electron chi connectivity index (χ3n) is 7.30. The Morgan fingerprint density at radius 3 is 2.76 bits per heavy atom. The van der Waals surface area contributed by atoms with Gasteiger partial charge in [0.1, 0.15) is 11.8 Å². The molecule has 4 rings (SSSR count). The van der Waals surface area contributed by atoms with E-state index >= 15 is 0 Å². The number of imide groups is 1. The summed E-state index contributed by atoms with van der Waals surface area (Å²) in [7, 11) is 0. The van der Waals surface area contributed by atoms with Gasteiger partial charge in [0.15, 0.2) is 0 Å². The molecule has 198 valence electrons. The SMILES string of the molecule is N#CCCN(CCCOC1=C2CN(C3CCC(=O)NC3=O)C(=O)C2CC=C1)CCCc1cccc(C#N)c1. The molecular weight excluding hydrogens is 482 g/mol. The molecule has 2 unspecified atom stereocenters. The fraction of sp³-hybridized carbons (Fsp3) is 0.483. The zero-order valence-electron chi connectivity index (χ0n) is 21.5. The minimum absolute atomic E-state index is 0.0806. The van der Waals surface area contributed by atoms with Crippen molar-refractivity contribution in [1.29, 1.82) is 10.5 Å². The topological polar surface area (TPSA) is 127 Å². The number of carbonyl (C=O) groups excluding carboxylic acids is 3. The average Bonchev–Trinajstić information content (AvgIpc) is 3.26. The van der Waals surface area contributed by atoms with Crippen molar-refractivity contribution < 1.29 is 19.1 Å². The number of benzene rings is 1. The van der Waals surface area contributed by atoms with Crippen LogP contribution in [-0.4, -0.2) is 66.3 Å². The van der Waals surface area contributed by atoms with E-state index < -0.39 is 11.9 Å². The maximum atomic E-state index is 13.1. The molecular formula is C29H33N5O4.